The van der Waals surface area contributed by atoms with Crippen LogP contribution in [-0.4, -0.2) is 22.0 Å². The Morgan fingerprint density at radius 3 is 2.95 bits per heavy atom. The Balaban J connectivity index is 2.14. The third kappa shape index (κ3) is 4.00. The number of carbonyl (C=O) groups excluding carboxylic acids is 1. The van der Waals surface area contributed by atoms with Crippen molar-refractivity contribution in [1.29, 1.82) is 0 Å². The molecule has 2 N–H and O–H groups in total. The Hall–Kier alpha value is -2.47. The normalized spacial score (nSPS) is 10.7. The summed E-state index contributed by atoms with van der Waals surface area (Å²) in [5.74, 6) is -0.833. The molecule has 0 fully saturated rings. The van der Waals surface area contributed by atoms with E-state index in [-0.39, 0.29) is 5.91 Å². The van der Waals surface area contributed by atoms with Gasteiger partial charge in [0.25, 0.3) is 5.91 Å². The third-order valence-corrected chi connectivity index (χ3v) is 3.73. The highest BCUT2D eigenvalue weighted by Gasteiger charge is 2.12. The van der Waals surface area contributed by atoms with Crippen LogP contribution in [0.25, 0.3) is 6.08 Å². The van der Waals surface area contributed by atoms with Crippen molar-refractivity contribution >= 4 is 35.1 Å². The fourth-order valence-corrected chi connectivity index (χ4v) is 2.66. The molecule has 0 atom stereocenters. The van der Waals surface area contributed by atoms with Gasteiger partial charge < -0.3 is 10.4 Å². The molecule has 0 aromatic carbocycles. The highest BCUT2D eigenvalue weighted by molar-refractivity contribution is 7.12. The Labute approximate surface area is 126 Å². The SMILES string of the molecule is CCc1ccsc1C(=O)Nc1cc(/C=C/C(=O)O)ccn1. The molecule has 0 bridgehead atoms. The topological polar surface area (TPSA) is 79.3 Å². The second-order valence-corrected chi connectivity index (χ2v) is 5.14. The van der Waals surface area contributed by atoms with Crippen LogP contribution in [0.5, 0.6) is 0 Å². The summed E-state index contributed by atoms with van der Waals surface area (Å²) in [6.45, 7) is 1.99. The number of anilines is 1. The quantitative estimate of drug-likeness (QED) is 0.832. The zero-order valence-corrected chi connectivity index (χ0v) is 12.2. The van der Waals surface area contributed by atoms with E-state index in [0.717, 1.165) is 18.1 Å². The number of hydrogen-bond donors (Lipinski definition) is 2. The standard InChI is InChI=1S/C15H14N2O3S/c1-2-11-6-8-21-14(11)15(20)17-12-9-10(5-7-16-12)3-4-13(18)19/h3-9H,2H2,1H3,(H,18,19)(H,16,17,20)/b4-3+. The molecule has 0 aliphatic carbocycles. The second kappa shape index (κ2) is 6.81. The van der Waals surface area contributed by atoms with E-state index in [1.54, 1.807) is 12.1 Å². The van der Waals surface area contributed by atoms with E-state index in [2.05, 4.69) is 10.3 Å². The number of nitrogens with one attached hydrogen (secondary N) is 1. The molecule has 0 saturated carbocycles. The first-order valence-corrected chi connectivity index (χ1v) is 7.23. The van der Waals surface area contributed by atoms with Gasteiger partial charge in [-0.25, -0.2) is 9.78 Å². The molecule has 0 aliphatic rings. The van der Waals surface area contributed by atoms with Crippen LogP contribution in [0.3, 0.4) is 0 Å². The predicted octanol–water partition coefficient (Wildman–Crippen LogP) is 3.06. The minimum Gasteiger partial charge on any atom is -0.478 e. The summed E-state index contributed by atoms with van der Waals surface area (Å²) in [6.07, 6.45) is 4.80. The Morgan fingerprint density at radius 1 is 1.43 bits per heavy atom. The Morgan fingerprint density at radius 2 is 2.24 bits per heavy atom. The highest BCUT2D eigenvalue weighted by Crippen LogP contribution is 2.19. The van der Waals surface area contributed by atoms with Gasteiger partial charge in [0, 0.05) is 12.3 Å². The number of pyridine rings is 1. The van der Waals surface area contributed by atoms with E-state index >= 15 is 0 Å². The van der Waals surface area contributed by atoms with Gasteiger partial charge in [-0.3, -0.25) is 4.79 Å². The number of amides is 1. The largest absolute Gasteiger partial charge is 0.478 e. The molecular weight excluding hydrogens is 288 g/mol. The van der Waals surface area contributed by atoms with Gasteiger partial charge in [0.1, 0.15) is 5.82 Å². The van der Waals surface area contributed by atoms with Gasteiger partial charge in [0.15, 0.2) is 0 Å². The molecule has 5 nitrogen and oxygen atoms in total. The summed E-state index contributed by atoms with van der Waals surface area (Å²) in [5, 5.41) is 13.2. The van der Waals surface area contributed by atoms with Crippen molar-refractivity contribution in [2.45, 2.75) is 13.3 Å². The van der Waals surface area contributed by atoms with Crippen molar-refractivity contribution in [1.82, 2.24) is 4.98 Å². The lowest BCUT2D eigenvalue weighted by molar-refractivity contribution is -0.131. The molecule has 2 aromatic rings. The number of aliphatic carboxylic acids is 1. The molecular formula is C15H14N2O3S. The van der Waals surface area contributed by atoms with Gasteiger partial charge in [-0.1, -0.05) is 6.92 Å². The van der Waals surface area contributed by atoms with Crippen LogP contribution in [-0.2, 0) is 11.2 Å². The van der Waals surface area contributed by atoms with Crippen molar-refractivity contribution in [3.8, 4) is 0 Å². The van der Waals surface area contributed by atoms with Crippen LogP contribution >= 0.6 is 11.3 Å². The first-order valence-electron chi connectivity index (χ1n) is 6.35. The van der Waals surface area contributed by atoms with Crippen molar-refractivity contribution < 1.29 is 14.7 Å². The Kier molecular flexibility index (Phi) is 4.84. The van der Waals surface area contributed by atoms with E-state index in [9.17, 15) is 9.59 Å². The summed E-state index contributed by atoms with van der Waals surface area (Å²) in [6, 6.07) is 5.22. The number of aromatic nitrogens is 1. The fourth-order valence-electron chi connectivity index (χ4n) is 1.77. The van der Waals surface area contributed by atoms with Crippen LogP contribution in [0.4, 0.5) is 5.82 Å². The minimum atomic E-state index is -1.02. The molecule has 6 heteroatoms. The number of thiophene rings is 1. The van der Waals surface area contributed by atoms with Crippen LogP contribution in [0, 0.1) is 0 Å². The number of aryl methyl sites for hydroxylation is 1. The third-order valence-electron chi connectivity index (χ3n) is 2.78. The lowest BCUT2D eigenvalue weighted by Crippen LogP contribution is -2.13. The number of carboxylic acids is 1. The number of carboxylic acid groups (broad SMARTS) is 1. The average Bonchev–Trinajstić information content (AvgIpc) is 2.94. The average molecular weight is 302 g/mol. The minimum absolute atomic E-state index is 0.200. The number of hydrogen-bond acceptors (Lipinski definition) is 4. The van der Waals surface area contributed by atoms with Gasteiger partial charge in [-0.2, -0.15) is 0 Å². The first kappa shape index (κ1) is 14.9. The van der Waals surface area contributed by atoms with E-state index in [1.807, 2.05) is 18.4 Å². The summed E-state index contributed by atoms with van der Waals surface area (Å²) in [4.78, 5) is 27.4. The molecule has 2 aromatic heterocycles. The monoisotopic (exact) mass is 302 g/mol. The maximum atomic E-state index is 12.2. The summed E-state index contributed by atoms with van der Waals surface area (Å²) in [7, 11) is 0. The number of rotatable bonds is 5. The number of carbonyl (C=O) groups is 2. The molecule has 0 unspecified atom stereocenters. The van der Waals surface area contributed by atoms with Crippen LogP contribution in [0.15, 0.2) is 35.9 Å². The molecule has 108 valence electrons. The van der Waals surface area contributed by atoms with Crippen LogP contribution in [0.2, 0.25) is 0 Å². The van der Waals surface area contributed by atoms with Gasteiger partial charge >= 0.3 is 5.97 Å². The second-order valence-electron chi connectivity index (χ2n) is 4.23. The van der Waals surface area contributed by atoms with Gasteiger partial charge in [-0.15, -0.1) is 11.3 Å². The summed E-state index contributed by atoms with van der Waals surface area (Å²) < 4.78 is 0. The van der Waals surface area contributed by atoms with E-state index in [1.165, 1.54) is 23.6 Å². The van der Waals surface area contributed by atoms with Gasteiger partial charge in [-0.05, 0) is 47.2 Å². The van der Waals surface area contributed by atoms with Crippen LogP contribution < -0.4 is 5.32 Å². The lowest BCUT2D eigenvalue weighted by Gasteiger charge is -2.05. The maximum Gasteiger partial charge on any atom is 0.328 e. The van der Waals surface area contributed by atoms with E-state index in [0.29, 0.717) is 16.3 Å². The van der Waals surface area contributed by atoms with E-state index in [4.69, 9.17) is 5.11 Å². The lowest BCUT2D eigenvalue weighted by atomic mass is 10.2. The molecule has 2 heterocycles. The highest BCUT2D eigenvalue weighted by atomic mass is 32.1. The zero-order chi connectivity index (χ0) is 15.2. The number of nitrogens with zero attached hydrogens (tertiary/aromatic N) is 1. The predicted molar refractivity (Wildman–Crippen MR) is 82.6 cm³/mol. The fraction of sp³-hybridized carbons (Fsp3) is 0.133. The molecule has 0 radical (unpaired) electrons. The maximum absolute atomic E-state index is 12.2. The van der Waals surface area contributed by atoms with Gasteiger partial charge in [0.2, 0.25) is 0 Å². The molecule has 0 spiro atoms. The summed E-state index contributed by atoms with van der Waals surface area (Å²) in [5.41, 5.74) is 1.66. The van der Waals surface area contributed by atoms with Crippen molar-refractivity contribution in [2.75, 3.05) is 5.32 Å². The Bertz CT molecular complexity index is 692. The molecule has 2 rings (SSSR count). The molecule has 21 heavy (non-hydrogen) atoms. The van der Waals surface area contributed by atoms with Gasteiger partial charge in [0.05, 0.1) is 4.88 Å². The smallest absolute Gasteiger partial charge is 0.328 e. The first-order chi connectivity index (χ1) is 10.1. The molecule has 0 saturated heterocycles. The van der Waals surface area contributed by atoms with Crippen LogP contribution in [0.1, 0.15) is 27.7 Å². The zero-order valence-electron chi connectivity index (χ0n) is 11.4. The van der Waals surface area contributed by atoms with Crippen molar-refractivity contribution in [3.63, 3.8) is 0 Å². The molecule has 0 aliphatic heterocycles. The van der Waals surface area contributed by atoms with E-state index < -0.39 is 5.97 Å². The summed E-state index contributed by atoms with van der Waals surface area (Å²) >= 11 is 1.39. The van der Waals surface area contributed by atoms with Crippen molar-refractivity contribution in [3.05, 3.63) is 51.9 Å². The van der Waals surface area contributed by atoms with Crippen molar-refractivity contribution in [2.24, 2.45) is 0 Å². The molecule has 1 amide bonds.